The second kappa shape index (κ2) is 4.89. The molecule has 1 aromatic heterocycles. The van der Waals surface area contributed by atoms with E-state index in [1.807, 2.05) is 18.8 Å². The van der Waals surface area contributed by atoms with E-state index < -0.39 is 6.10 Å². The highest BCUT2D eigenvalue weighted by atomic mass is 79.9. The molecule has 1 aromatic rings. The van der Waals surface area contributed by atoms with Crippen molar-refractivity contribution in [1.82, 2.24) is 9.78 Å². The van der Waals surface area contributed by atoms with Crippen LogP contribution in [0.4, 0.5) is 0 Å². The maximum Gasteiger partial charge on any atom is 0.109 e. The van der Waals surface area contributed by atoms with Gasteiger partial charge in [0.1, 0.15) is 6.10 Å². The van der Waals surface area contributed by atoms with Crippen LogP contribution in [0.1, 0.15) is 31.1 Å². The van der Waals surface area contributed by atoms with Gasteiger partial charge in [-0.25, -0.2) is 0 Å². The zero-order valence-corrected chi connectivity index (χ0v) is 11.1. The van der Waals surface area contributed by atoms with Gasteiger partial charge in [-0.05, 0) is 34.5 Å². The fourth-order valence-electron chi connectivity index (χ4n) is 1.94. The van der Waals surface area contributed by atoms with Gasteiger partial charge >= 0.3 is 0 Å². The van der Waals surface area contributed by atoms with Gasteiger partial charge in [0.05, 0.1) is 16.4 Å². The smallest absolute Gasteiger partial charge is 0.109 e. The summed E-state index contributed by atoms with van der Waals surface area (Å²) in [5.74, 6) is 1.16. The molecule has 2 rings (SSSR count). The van der Waals surface area contributed by atoms with Gasteiger partial charge in [0.2, 0.25) is 0 Å². The molecule has 2 unspecified atom stereocenters. The molecule has 0 aliphatic carbocycles. The molecule has 0 bridgehead atoms. The maximum absolute atomic E-state index is 10.3. The molecule has 5 heteroatoms. The van der Waals surface area contributed by atoms with Crippen molar-refractivity contribution in [3.8, 4) is 0 Å². The third kappa shape index (κ3) is 2.40. The monoisotopic (exact) mass is 290 g/mol. The SMILES string of the molecule is Cn1ncc(Br)c1C(O)C1CCCCS1. The Morgan fingerprint density at radius 2 is 2.47 bits per heavy atom. The van der Waals surface area contributed by atoms with Crippen LogP contribution in [0.25, 0.3) is 0 Å². The summed E-state index contributed by atoms with van der Waals surface area (Å²) in [7, 11) is 1.87. The Balaban J connectivity index is 2.15. The largest absolute Gasteiger partial charge is 0.386 e. The first-order valence-electron chi connectivity index (χ1n) is 5.17. The summed E-state index contributed by atoms with van der Waals surface area (Å²) in [5, 5.41) is 14.7. The Labute approximate surface area is 102 Å². The summed E-state index contributed by atoms with van der Waals surface area (Å²) >= 11 is 5.31. The van der Waals surface area contributed by atoms with Crippen molar-refractivity contribution < 1.29 is 5.11 Å². The highest BCUT2D eigenvalue weighted by Gasteiger charge is 2.27. The van der Waals surface area contributed by atoms with Gasteiger partial charge in [-0.1, -0.05) is 6.42 Å². The first-order chi connectivity index (χ1) is 7.20. The second-order valence-electron chi connectivity index (χ2n) is 3.85. The van der Waals surface area contributed by atoms with Crippen molar-refractivity contribution in [2.75, 3.05) is 5.75 Å². The van der Waals surface area contributed by atoms with Gasteiger partial charge in [-0.15, -0.1) is 0 Å². The number of nitrogens with zero attached hydrogens (tertiary/aromatic N) is 2. The van der Waals surface area contributed by atoms with Crippen molar-refractivity contribution in [3.63, 3.8) is 0 Å². The summed E-state index contributed by atoms with van der Waals surface area (Å²) in [6, 6.07) is 0. The van der Waals surface area contributed by atoms with E-state index in [9.17, 15) is 5.11 Å². The number of aliphatic hydroxyl groups is 1. The van der Waals surface area contributed by atoms with Gasteiger partial charge in [-0.2, -0.15) is 16.9 Å². The van der Waals surface area contributed by atoms with Crippen molar-refractivity contribution in [3.05, 3.63) is 16.4 Å². The third-order valence-electron chi connectivity index (χ3n) is 2.78. The average molecular weight is 291 g/mol. The minimum Gasteiger partial charge on any atom is -0.386 e. The van der Waals surface area contributed by atoms with Crippen LogP contribution in [-0.4, -0.2) is 25.9 Å². The molecular weight excluding hydrogens is 276 g/mol. The Morgan fingerprint density at radius 1 is 1.67 bits per heavy atom. The highest BCUT2D eigenvalue weighted by Crippen LogP contribution is 2.36. The molecule has 1 aliphatic heterocycles. The number of aliphatic hydroxyl groups excluding tert-OH is 1. The van der Waals surface area contributed by atoms with Crippen LogP contribution in [0.15, 0.2) is 10.7 Å². The minimum absolute atomic E-state index is 0.324. The Bertz CT molecular complexity index is 317. The summed E-state index contributed by atoms with van der Waals surface area (Å²) in [6.45, 7) is 0. The standard InChI is InChI=1S/C10H15BrN2OS/c1-13-9(7(11)6-12-13)10(14)8-4-2-3-5-15-8/h6,8,10,14H,2-5H2,1H3. The van der Waals surface area contributed by atoms with E-state index in [0.717, 1.165) is 22.3 Å². The molecule has 0 saturated carbocycles. The Hall–Kier alpha value is -0.0000000000000000555. The molecule has 2 heterocycles. The second-order valence-corrected chi connectivity index (χ2v) is 6.05. The van der Waals surface area contributed by atoms with Crippen LogP contribution in [-0.2, 0) is 7.05 Å². The number of halogens is 1. The molecule has 0 aromatic carbocycles. The first-order valence-corrected chi connectivity index (χ1v) is 7.01. The third-order valence-corrected chi connectivity index (χ3v) is 4.84. The molecule has 1 fully saturated rings. The molecule has 0 amide bonds. The number of hydrogen-bond donors (Lipinski definition) is 1. The van der Waals surface area contributed by atoms with Gasteiger partial charge in [0.25, 0.3) is 0 Å². The Kier molecular flexibility index (Phi) is 3.74. The quantitative estimate of drug-likeness (QED) is 0.910. The molecule has 0 spiro atoms. The predicted molar refractivity (Wildman–Crippen MR) is 66.0 cm³/mol. The molecule has 2 atom stereocenters. The lowest BCUT2D eigenvalue weighted by atomic mass is 10.1. The topological polar surface area (TPSA) is 38.0 Å². The molecule has 0 radical (unpaired) electrons. The van der Waals surface area contributed by atoms with Gasteiger partial charge in [-0.3, -0.25) is 4.68 Å². The van der Waals surface area contributed by atoms with Crippen LogP contribution >= 0.6 is 27.7 Å². The summed E-state index contributed by atoms with van der Waals surface area (Å²) < 4.78 is 2.66. The normalized spacial score (nSPS) is 24.1. The molecule has 1 saturated heterocycles. The zero-order valence-electron chi connectivity index (χ0n) is 8.69. The van der Waals surface area contributed by atoms with Crippen molar-refractivity contribution in [1.29, 1.82) is 0 Å². The molecule has 15 heavy (non-hydrogen) atoms. The molecule has 3 nitrogen and oxygen atoms in total. The highest BCUT2D eigenvalue weighted by molar-refractivity contribution is 9.10. The van der Waals surface area contributed by atoms with E-state index in [1.165, 1.54) is 12.8 Å². The summed E-state index contributed by atoms with van der Waals surface area (Å²) in [5.41, 5.74) is 0.898. The van der Waals surface area contributed by atoms with E-state index in [4.69, 9.17) is 0 Å². The van der Waals surface area contributed by atoms with Crippen LogP contribution in [0.5, 0.6) is 0 Å². The summed E-state index contributed by atoms with van der Waals surface area (Å²) in [4.78, 5) is 0. The fourth-order valence-corrected chi connectivity index (χ4v) is 3.84. The van der Waals surface area contributed by atoms with Crippen molar-refractivity contribution in [2.45, 2.75) is 30.6 Å². The molecular formula is C10H15BrN2OS. The van der Waals surface area contributed by atoms with Gasteiger partial charge in [0.15, 0.2) is 0 Å². The van der Waals surface area contributed by atoms with E-state index >= 15 is 0 Å². The average Bonchev–Trinajstić information content (AvgIpc) is 2.59. The van der Waals surface area contributed by atoms with Crippen LogP contribution in [0.2, 0.25) is 0 Å². The lowest BCUT2D eigenvalue weighted by Gasteiger charge is -2.26. The lowest BCUT2D eigenvalue weighted by Crippen LogP contribution is -2.21. The molecule has 1 aliphatic rings. The van der Waals surface area contributed by atoms with E-state index in [-0.39, 0.29) is 0 Å². The molecule has 84 valence electrons. The van der Waals surface area contributed by atoms with E-state index in [1.54, 1.807) is 10.9 Å². The van der Waals surface area contributed by atoms with Gasteiger partial charge in [0, 0.05) is 12.3 Å². The maximum atomic E-state index is 10.3. The number of hydrogen-bond acceptors (Lipinski definition) is 3. The fraction of sp³-hybridized carbons (Fsp3) is 0.700. The number of thioether (sulfide) groups is 1. The Morgan fingerprint density at radius 3 is 3.00 bits per heavy atom. The van der Waals surface area contributed by atoms with Crippen molar-refractivity contribution in [2.24, 2.45) is 7.05 Å². The zero-order chi connectivity index (χ0) is 10.8. The number of aryl methyl sites for hydroxylation is 1. The van der Waals surface area contributed by atoms with Crippen LogP contribution in [0, 0.1) is 0 Å². The van der Waals surface area contributed by atoms with Gasteiger partial charge < -0.3 is 5.11 Å². The van der Waals surface area contributed by atoms with E-state index in [2.05, 4.69) is 21.0 Å². The molecule has 1 N–H and O–H groups in total. The van der Waals surface area contributed by atoms with Crippen LogP contribution < -0.4 is 0 Å². The number of rotatable bonds is 2. The first kappa shape index (κ1) is 11.5. The van der Waals surface area contributed by atoms with Crippen LogP contribution in [0.3, 0.4) is 0 Å². The van der Waals surface area contributed by atoms with Crippen molar-refractivity contribution >= 4 is 27.7 Å². The predicted octanol–water partition coefficient (Wildman–Crippen LogP) is 2.50. The minimum atomic E-state index is -0.405. The summed E-state index contributed by atoms with van der Waals surface area (Å²) in [6.07, 6.45) is 4.94. The number of aromatic nitrogens is 2. The lowest BCUT2D eigenvalue weighted by molar-refractivity contribution is 0.158. The van der Waals surface area contributed by atoms with E-state index in [0.29, 0.717) is 5.25 Å².